The maximum absolute atomic E-state index is 12.6. The summed E-state index contributed by atoms with van der Waals surface area (Å²) in [5.74, 6) is -1.99. The molecule has 3 amide bonds. The van der Waals surface area contributed by atoms with Gasteiger partial charge in [0.15, 0.2) is 0 Å². The maximum Gasteiger partial charge on any atom is 0.338 e. The summed E-state index contributed by atoms with van der Waals surface area (Å²) in [4.78, 5) is 45.0. The molecule has 2 aromatic carbocycles. The molecule has 0 aliphatic carbocycles. The highest BCUT2D eigenvalue weighted by molar-refractivity contribution is 6.36. The van der Waals surface area contributed by atoms with E-state index in [2.05, 4.69) is 32.3 Å². The number of carbonyl (C=O) groups is 3. The summed E-state index contributed by atoms with van der Waals surface area (Å²) < 4.78 is 0. The van der Waals surface area contributed by atoms with Crippen LogP contribution in [0.25, 0.3) is 0 Å². The standard InChI is InChI=1S/C21H20N4O3/c26-19(15-6-7-17-18(12-15)24-21(28)20(27)23-17)22-16-8-10-25(11-9-16)13-14-4-2-1-3-5-14/h1-7,12,16H,8-11,13H2,(H,22,26). The molecule has 2 aliphatic rings. The predicted octanol–water partition coefficient (Wildman–Crippen LogP) is 0.387. The fraction of sp³-hybridized carbons (Fsp3) is 0.286. The largest absolute Gasteiger partial charge is 0.349 e. The van der Waals surface area contributed by atoms with E-state index in [0.29, 0.717) is 10.9 Å². The molecule has 0 bridgehead atoms. The molecule has 7 heteroatoms. The van der Waals surface area contributed by atoms with E-state index in [9.17, 15) is 14.4 Å². The molecule has 4 rings (SSSR count). The minimum atomic E-state index is -0.907. The Labute approximate surface area is 161 Å². The van der Waals surface area contributed by atoms with Gasteiger partial charge in [0.2, 0.25) is 0 Å². The highest BCUT2D eigenvalue weighted by Gasteiger charge is 2.22. The van der Waals surface area contributed by atoms with Gasteiger partial charge in [-0.05, 0) is 36.6 Å². The first-order valence-electron chi connectivity index (χ1n) is 9.31. The molecule has 0 unspecified atom stereocenters. The minimum Gasteiger partial charge on any atom is -0.349 e. The quantitative estimate of drug-likeness (QED) is 0.782. The molecule has 7 nitrogen and oxygen atoms in total. The molecule has 1 fully saturated rings. The van der Waals surface area contributed by atoms with Gasteiger partial charge < -0.3 is 5.32 Å². The second-order valence-corrected chi connectivity index (χ2v) is 7.05. The number of fused-ring (bicyclic) bond motifs is 1. The maximum atomic E-state index is 12.6. The molecular formula is C21H20N4O3. The lowest BCUT2D eigenvalue weighted by molar-refractivity contribution is -0.135. The number of benzene rings is 2. The number of hydrogen-bond donors (Lipinski definition) is 1. The van der Waals surface area contributed by atoms with Crippen LogP contribution in [0.3, 0.4) is 0 Å². The Morgan fingerprint density at radius 1 is 0.964 bits per heavy atom. The van der Waals surface area contributed by atoms with Gasteiger partial charge in [-0.2, -0.15) is 0 Å². The molecule has 1 saturated heterocycles. The van der Waals surface area contributed by atoms with Crippen molar-refractivity contribution in [2.45, 2.75) is 25.4 Å². The highest BCUT2D eigenvalue weighted by Crippen LogP contribution is 2.14. The van der Waals surface area contributed by atoms with Crippen LogP contribution in [0.1, 0.15) is 28.8 Å². The molecule has 0 spiro atoms. The summed E-state index contributed by atoms with van der Waals surface area (Å²) in [5.41, 5.74) is 1.70. The van der Waals surface area contributed by atoms with Crippen molar-refractivity contribution in [2.75, 3.05) is 13.1 Å². The lowest BCUT2D eigenvalue weighted by Crippen LogP contribution is -2.44. The van der Waals surface area contributed by atoms with Crippen molar-refractivity contribution in [2.24, 2.45) is 9.98 Å². The number of nitrogens with zero attached hydrogens (tertiary/aromatic N) is 3. The Kier molecular flexibility index (Phi) is 5.08. The third-order valence-electron chi connectivity index (χ3n) is 5.04. The fourth-order valence-electron chi connectivity index (χ4n) is 3.51. The van der Waals surface area contributed by atoms with Gasteiger partial charge >= 0.3 is 11.8 Å². The minimum absolute atomic E-state index is 0.111. The zero-order valence-corrected chi connectivity index (χ0v) is 15.3. The van der Waals surface area contributed by atoms with Crippen LogP contribution in [0, 0.1) is 0 Å². The van der Waals surface area contributed by atoms with Crippen molar-refractivity contribution in [1.29, 1.82) is 0 Å². The van der Waals surface area contributed by atoms with Crippen LogP contribution < -0.4 is 16.0 Å². The van der Waals surface area contributed by atoms with E-state index in [1.54, 1.807) is 12.1 Å². The predicted molar refractivity (Wildman–Crippen MR) is 101 cm³/mol. The first kappa shape index (κ1) is 18.2. The van der Waals surface area contributed by atoms with Crippen molar-refractivity contribution in [3.8, 4) is 0 Å². The fourth-order valence-corrected chi connectivity index (χ4v) is 3.51. The third-order valence-corrected chi connectivity index (χ3v) is 5.04. The van der Waals surface area contributed by atoms with Gasteiger partial charge in [0.1, 0.15) is 0 Å². The number of amides is 3. The van der Waals surface area contributed by atoms with Crippen molar-refractivity contribution in [1.82, 2.24) is 10.2 Å². The van der Waals surface area contributed by atoms with Crippen LogP contribution in [0.15, 0.2) is 58.5 Å². The first-order valence-corrected chi connectivity index (χ1v) is 9.31. The van der Waals surface area contributed by atoms with E-state index in [1.165, 1.54) is 11.6 Å². The van der Waals surface area contributed by atoms with E-state index in [0.717, 1.165) is 32.5 Å². The average molecular weight is 376 g/mol. The molecule has 0 saturated carbocycles. The van der Waals surface area contributed by atoms with Crippen LogP contribution in [0.4, 0.5) is 0 Å². The van der Waals surface area contributed by atoms with Gasteiger partial charge in [-0.3, -0.25) is 19.3 Å². The van der Waals surface area contributed by atoms with Gasteiger partial charge in [-0.25, -0.2) is 9.98 Å². The number of hydrogen-bond acceptors (Lipinski definition) is 4. The molecule has 0 aromatic heterocycles. The van der Waals surface area contributed by atoms with E-state index in [4.69, 9.17) is 0 Å². The number of likely N-dealkylation sites (tertiary alicyclic amines) is 1. The molecule has 0 atom stereocenters. The van der Waals surface area contributed by atoms with Crippen molar-refractivity contribution >= 4 is 17.7 Å². The SMILES string of the molecule is O=C1N=c2ccc(C(=O)NC3CCN(Cc4ccccc4)CC3)cc2=NC1=O. The number of piperidine rings is 1. The van der Waals surface area contributed by atoms with Gasteiger partial charge in [-0.1, -0.05) is 30.3 Å². The summed E-state index contributed by atoms with van der Waals surface area (Å²) in [6.45, 7) is 2.77. The van der Waals surface area contributed by atoms with Gasteiger partial charge in [0.05, 0.1) is 10.7 Å². The zero-order valence-electron chi connectivity index (χ0n) is 15.3. The van der Waals surface area contributed by atoms with Crippen molar-refractivity contribution in [3.63, 3.8) is 0 Å². The Morgan fingerprint density at radius 2 is 1.64 bits per heavy atom. The highest BCUT2D eigenvalue weighted by atomic mass is 16.2. The first-order chi connectivity index (χ1) is 13.6. The Hall–Kier alpha value is -3.19. The molecular weight excluding hydrogens is 356 g/mol. The lowest BCUT2D eigenvalue weighted by Gasteiger charge is -2.32. The monoisotopic (exact) mass is 376 g/mol. The zero-order chi connectivity index (χ0) is 19.5. The van der Waals surface area contributed by atoms with E-state index in [-0.39, 0.29) is 17.3 Å². The smallest absolute Gasteiger partial charge is 0.338 e. The topological polar surface area (TPSA) is 91.2 Å². The Morgan fingerprint density at radius 3 is 2.36 bits per heavy atom. The Bertz CT molecular complexity index is 1040. The molecule has 28 heavy (non-hydrogen) atoms. The molecule has 1 N–H and O–H groups in total. The summed E-state index contributed by atoms with van der Waals surface area (Å²) in [6.07, 6.45) is 1.77. The van der Waals surface area contributed by atoms with Crippen molar-refractivity contribution in [3.05, 3.63) is 70.4 Å². The molecule has 0 radical (unpaired) electrons. The number of rotatable bonds is 4. The third kappa shape index (κ3) is 4.04. The van der Waals surface area contributed by atoms with Gasteiger partial charge in [0, 0.05) is 31.2 Å². The van der Waals surface area contributed by atoms with Crippen LogP contribution >= 0.6 is 0 Å². The van der Waals surface area contributed by atoms with Gasteiger partial charge in [0.25, 0.3) is 5.91 Å². The van der Waals surface area contributed by atoms with Crippen molar-refractivity contribution < 1.29 is 14.4 Å². The molecule has 2 aliphatic heterocycles. The van der Waals surface area contributed by atoms with E-state index in [1.807, 2.05) is 18.2 Å². The normalized spacial score (nSPS) is 17.4. The average Bonchev–Trinajstić information content (AvgIpc) is 2.71. The summed E-state index contributed by atoms with van der Waals surface area (Å²) >= 11 is 0. The summed E-state index contributed by atoms with van der Waals surface area (Å²) in [7, 11) is 0. The van der Waals surface area contributed by atoms with E-state index < -0.39 is 11.8 Å². The van der Waals surface area contributed by atoms with Gasteiger partial charge in [-0.15, -0.1) is 0 Å². The second kappa shape index (κ2) is 7.82. The summed E-state index contributed by atoms with van der Waals surface area (Å²) in [6, 6.07) is 15.1. The van der Waals surface area contributed by atoms with Crippen LogP contribution in [-0.4, -0.2) is 41.8 Å². The van der Waals surface area contributed by atoms with Crippen LogP contribution in [0.5, 0.6) is 0 Å². The molecule has 2 heterocycles. The van der Waals surface area contributed by atoms with E-state index >= 15 is 0 Å². The lowest BCUT2D eigenvalue weighted by atomic mass is 10.0. The second-order valence-electron chi connectivity index (χ2n) is 7.05. The Balaban J connectivity index is 1.36. The van der Waals surface area contributed by atoms with Crippen LogP contribution in [0.2, 0.25) is 0 Å². The number of nitrogens with one attached hydrogen (secondary N) is 1. The molecule has 142 valence electrons. The molecule has 2 aromatic rings. The summed E-state index contributed by atoms with van der Waals surface area (Å²) in [5, 5.41) is 3.63. The number of carbonyl (C=O) groups excluding carboxylic acids is 3. The van der Waals surface area contributed by atoms with Crippen LogP contribution in [-0.2, 0) is 16.1 Å².